The predicted molar refractivity (Wildman–Crippen MR) is 105 cm³/mol. The van der Waals surface area contributed by atoms with Crippen molar-refractivity contribution in [3.8, 4) is 5.82 Å². The van der Waals surface area contributed by atoms with E-state index in [4.69, 9.17) is 0 Å². The number of carbonyl (C=O) groups is 1. The van der Waals surface area contributed by atoms with Crippen LogP contribution < -0.4 is 5.32 Å². The maximum atomic E-state index is 14.6. The number of nitrogens with one attached hydrogen (secondary N) is 1. The summed E-state index contributed by atoms with van der Waals surface area (Å²) >= 11 is 0. The lowest BCUT2D eigenvalue weighted by Crippen LogP contribution is -2.14. The van der Waals surface area contributed by atoms with Crippen LogP contribution in [0.1, 0.15) is 47.3 Å². The average Bonchev–Trinajstić information content (AvgIpc) is 3.24. The summed E-state index contributed by atoms with van der Waals surface area (Å²) in [5.74, 6) is -0.964. The monoisotopic (exact) mass is 436 g/mol. The summed E-state index contributed by atoms with van der Waals surface area (Å²) in [6.45, 7) is 1.95. The molecule has 0 aliphatic heterocycles. The molecule has 0 aliphatic carbocycles. The van der Waals surface area contributed by atoms with E-state index in [-0.39, 0.29) is 11.4 Å². The first-order valence-electron chi connectivity index (χ1n) is 9.45. The van der Waals surface area contributed by atoms with Gasteiger partial charge in [-0.1, -0.05) is 19.4 Å². The summed E-state index contributed by atoms with van der Waals surface area (Å²) in [5, 5.41) is 6.87. The van der Waals surface area contributed by atoms with Crippen LogP contribution in [-0.4, -0.2) is 27.8 Å². The number of pyridine rings is 1. The Morgan fingerprint density at radius 2 is 2.00 bits per heavy atom. The Morgan fingerprint density at radius 1 is 1.23 bits per heavy atom. The molecule has 1 aromatic carbocycles. The summed E-state index contributed by atoms with van der Waals surface area (Å²) in [6.07, 6.45) is -0.104. The van der Waals surface area contributed by atoms with Crippen molar-refractivity contribution in [1.29, 1.82) is 0 Å². The number of ether oxygens (including phenoxy) is 1. The van der Waals surface area contributed by atoms with Crippen LogP contribution in [0.3, 0.4) is 0 Å². The second-order valence-corrected chi connectivity index (χ2v) is 6.79. The Bertz CT molecular complexity index is 1050. The lowest BCUT2D eigenvalue weighted by molar-refractivity contribution is -0.137. The van der Waals surface area contributed by atoms with E-state index in [1.54, 1.807) is 6.07 Å². The van der Waals surface area contributed by atoms with Gasteiger partial charge in [0.25, 0.3) is 0 Å². The highest BCUT2D eigenvalue weighted by Crippen LogP contribution is 2.30. The van der Waals surface area contributed by atoms with Crippen molar-refractivity contribution < 1.29 is 27.1 Å². The molecule has 0 spiro atoms. The van der Waals surface area contributed by atoms with Gasteiger partial charge in [-0.25, -0.2) is 18.9 Å². The van der Waals surface area contributed by atoms with E-state index in [9.17, 15) is 22.4 Å². The molecule has 0 bridgehead atoms. The Hall–Kier alpha value is -3.43. The quantitative estimate of drug-likeness (QED) is 0.409. The fraction of sp³-hybridized carbons (Fsp3) is 0.286. The second kappa shape index (κ2) is 9.15. The van der Waals surface area contributed by atoms with Gasteiger partial charge in [0.1, 0.15) is 5.82 Å². The largest absolute Gasteiger partial charge is 0.465 e. The minimum Gasteiger partial charge on any atom is -0.465 e. The number of benzene rings is 1. The molecular formula is C21H20F4N4O2. The molecule has 1 N–H and O–H groups in total. The molecule has 10 heteroatoms. The van der Waals surface area contributed by atoms with Gasteiger partial charge in [-0.15, -0.1) is 0 Å². The molecule has 2 aromatic heterocycles. The van der Waals surface area contributed by atoms with Gasteiger partial charge in [-0.05, 0) is 30.7 Å². The number of halogens is 4. The molecule has 0 radical (unpaired) electrons. The number of rotatable bonds is 7. The topological polar surface area (TPSA) is 69.0 Å². The molecule has 3 rings (SSSR count). The van der Waals surface area contributed by atoms with Gasteiger partial charge in [0.2, 0.25) is 0 Å². The summed E-state index contributed by atoms with van der Waals surface area (Å²) in [5.41, 5.74) is 0.176. The van der Waals surface area contributed by atoms with Crippen LogP contribution in [0.25, 0.3) is 5.82 Å². The van der Waals surface area contributed by atoms with Gasteiger partial charge in [-0.3, -0.25) is 0 Å². The predicted octanol–water partition coefficient (Wildman–Crippen LogP) is 5.17. The van der Waals surface area contributed by atoms with E-state index < -0.39 is 29.6 Å². The number of carbonyl (C=O) groups excluding carboxylic acids is 1. The third-order valence-corrected chi connectivity index (χ3v) is 4.61. The highest BCUT2D eigenvalue weighted by atomic mass is 19.4. The van der Waals surface area contributed by atoms with Gasteiger partial charge >= 0.3 is 12.1 Å². The van der Waals surface area contributed by atoms with E-state index in [2.05, 4.69) is 20.1 Å². The molecule has 1 unspecified atom stereocenters. The summed E-state index contributed by atoms with van der Waals surface area (Å²) < 4.78 is 58.5. The fourth-order valence-electron chi connectivity index (χ4n) is 3.05. The Labute approximate surface area is 175 Å². The molecule has 0 fully saturated rings. The molecular weight excluding hydrogens is 416 g/mol. The smallest absolute Gasteiger partial charge is 0.419 e. The van der Waals surface area contributed by atoms with E-state index in [0.717, 1.165) is 29.6 Å². The zero-order valence-corrected chi connectivity index (χ0v) is 16.8. The number of hydrogen-bond acceptors (Lipinski definition) is 5. The Morgan fingerprint density at radius 3 is 2.55 bits per heavy atom. The van der Waals surface area contributed by atoms with Crippen molar-refractivity contribution in [2.75, 3.05) is 12.4 Å². The number of alkyl halides is 3. The maximum absolute atomic E-state index is 14.6. The van der Waals surface area contributed by atoms with Gasteiger partial charge < -0.3 is 10.1 Å². The van der Waals surface area contributed by atoms with Crippen molar-refractivity contribution in [2.24, 2.45) is 0 Å². The molecule has 0 saturated heterocycles. The van der Waals surface area contributed by atoms with Crippen LogP contribution in [0.2, 0.25) is 0 Å². The standard InChI is InChI=1S/C21H20F4N4O2/c1-3-4-18(16-7-5-13(9-17(16)22)20(30)31-2)28-15-6-8-19(26-11-15)29-12-14(10-27-29)21(23,24)25/h5-12,18,28H,3-4H2,1-2H3. The van der Waals surface area contributed by atoms with Crippen LogP contribution in [0, 0.1) is 5.82 Å². The number of esters is 1. The average molecular weight is 436 g/mol. The van der Waals surface area contributed by atoms with Crippen LogP contribution in [0.15, 0.2) is 48.9 Å². The third kappa shape index (κ3) is 5.19. The molecule has 0 amide bonds. The molecule has 2 heterocycles. The minimum absolute atomic E-state index is 0.113. The second-order valence-electron chi connectivity index (χ2n) is 6.79. The first-order chi connectivity index (χ1) is 14.7. The van der Waals surface area contributed by atoms with Crippen LogP contribution >= 0.6 is 0 Å². The molecule has 31 heavy (non-hydrogen) atoms. The van der Waals surface area contributed by atoms with Crippen molar-refractivity contribution in [2.45, 2.75) is 32.0 Å². The normalized spacial score (nSPS) is 12.5. The Kier molecular flexibility index (Phi) is 6.57. The number of methoxy groups -OCH3 is 1. The highest BCUT2D eigenvalue weighted by molar-refractivity contribution is 5.89. The minimum atomic E-state index is -4.49. The van der Waals surface area contributed by atoms with Crippen molar-refractivity contribution in [1.82, 2.24) is 14.8 Å². The van der Waals surface area contributed by atoms with Crippen molar-refractivity contribution in [3.05, 3.63) is 71.4 Å². The third-order valence-electron chi connectivity index (χ3n) is 4.61. The van der Waals surface area contributed by atoms with Gasteiger partial charge in [-0.2, -0.15) is 18.3 Å². The van der Waals surface area contributed by atoms with Gasteiger partial charge in [0, 0.05) is 11.8 Å². The van der Waals surface area contributed by atoms with E-state index >= 15 is 0 Å². The maximum Gasteiger partial charge on any atom is 0.419 e. The summed E-state index contributed by atoms with van der Waals surface area (Å²) in [4.78, 5) is 15.7. The van der Waals surface area contributed by atoms with Crippen LogP contribution in [0.5, 0.6) is 0 Å². The molecule has 164 valence electrons. The lowest BCUT2D eigenvalue weighted by atomic mass is 9.99. The van der Waals surface area contributed by atoms with E-state index in [1.165, 1.54) is 31.5 Å². The van der Waals surface area contributed by atoms with Gasteiger partial charge in [0.05, 0.1) is 42.4 Å². The Balaban J connectivity index is 1.79. The van der Waals surface area contributed by atoms with Crippen LogP contribution in [0.4, 0.5) is 23.2 Å². The van der Waals surface area contributed by atoms with Crippen molar-refractivity contribution >= 4 is 11.7 Å². The SMILES string of the molecule is CCCC(Nc1ccc(-n2cc(C(F)(F)F)cn2)nc1)c1ccc(C(=O)OC)cc1F. The molecule has 0 aliphatic rings. The molecule has 6 nitrogen and oxygen atoms in total. The zero-order valence-electron chi connectivity index (χ0n) is 16.8. The first-order valence-corrected chi connectivity index (χ1v) is 9.45. The molecule has 0 saturated carbocycles. The number of anilines is 1. The number of aromatic nitrogens is 3. The molecule has 1 atom stereocenters. The van der Waals surface area contributed by atoms with E-state index in [1.807, 2.05) is 6.92 Å². The van der Waals surface area contributed by atoms with E-state index in [0.29, 0.717) is 17.7 Å². The first kappa shape index (κ1) is 22.3. The van der Waals surface area contributed by atoms with Gasteiger partial charge in [0.15, 0.2) is 5.82 Å². The zero-order chi connectivity index (χ0) is 22.6. The lowest BCUT2D eigenvalue weighted by Gasteiger charge is -2.21. The van der Waals surface area contributed by atoms with Crippen molar-refractivity contribution in [3.63, 3.8) is 0 Å². The number of nitrogens with zero attached hydrogens (tertiary/aromatic N) is 3. The highest BCUT2D eigenvalue weighted by Gasteiger charge is 2.32. The number of hydrogen-bond donors (Lipinski definition) is 1. The fourth-order valence-corrected chi connectivity index (χ4v) is 3.05. The molecule has 3 aromatic rings. The summed E-state index contributed by atoms with van der Waals surface area (Å²) in [6, 6.07) is 6.88. The van der Waals surface area contributed by atoms with Crippen LogP contribution in [-0.2, 0) is 10.9 Å². The summed E-state index contributed by atoms with van der Waals surface area (Å²) in [7, 11) is 1.22.